The maximum absolute atomic E-state index is 5.99. The van der Waals surface area contributed by atoms with Crippen molar-refractivity contribution in [2.45, 2.75) is 18.9 Å². The zero-order chi connectivity index (χ0) is 16.5. The first-order chi connectivity index (χ1) is 11.2. The summed E-state index contributed by atoms with van der Waals surface area (Å²) in [5.74, 6) is 0.853. The highest BCUT2D eigenvalue weighted by molar-refractivity contribution is 8.04. The fourth-order valence-corrected chi connectivity index (χ4v) is 2.95. The Kier molecular flexibility index (Phi) is 7.04. The molecule has 0 amide bonds. The average Bonchev–Trinajstić information content (AvgIpc) is 3.09. The Hall–Kier alpha value is -1.91. The minimum Gasteiger partial charge on any atom is -0.491 e. The van der Waals surface area contributed by atoms with E-state index in [9.17, 15) is 0 Å². The quantitative estimate of drug-likeness (QED) is 0.505. The summed E-state index contributed by atoms with van der Waals surface area (Å²) in [7, 11) is 0. The summed E-state index contributed by atoms with van der Waals surface area (Å²) in [5.41, 5.74) is 1.94. The topological polar surface area (TPSA) is 33.3 Å². The van der Waals surface area contributed by atoms with Gasteiger partial charge in [0.1, 0.15) is 12.4 Å². The van der Waals surface area contributed by atoms with E-state index in [4.69, 9.17) is 4.74 Å². The highest BCUT2D eigenvalue weighted by atomic mass is 32.2. The van der Waals surface area contributed by atoms with E-state index in [0.29, 0.717) is 12.6 Å². The Morgan fingerprint density at radius 2 is 2.30 bits per heavy atom. The van der Waals surface area contributed by atoms with Crippen molar-refractivity contribution in [2.24, 2.45) is 0 Å². The standard InChI is InChI=1S/C19H24N2OS/c1-4-6-9-15(3)23-21-18-11-7-12-19(17(18)5-2)22-14-16-10-8-13-20-16/h4-7,9,11-12,16,20-21H,1-3,8,10,13-14H2/b9-6-. The normalized spacial score (nSPS) is 17.1. The lowest BCUT2D eigenvalue weighted by Gasteiger charge is -2.16. The van der Waals surface area contributed by atoms with Crippen molar-refractivity contribution >= 4 is 23.7 Å². The molecule has 1 fully saturated rings. The smallest absolute Gasteiger partial charge is 0.128 e. The fourth-order valence-electron chi connectivity index (χ4n) is 2.39. The third kappa shape index (κ3) is 5.34. The molecule has 2 rings (SSSR count). The van der Waals surface area contributed by atoms with Gasteiger partial charge in [-0.15, -0.1) is 0 Å². The molecular formula is C19H24N2OS. The number of nitrogens with one attached hydrogen (secondary N) is 2. The highest BCUT2D eigenvalue weighted by Crippen LogP contribution is 2.31. The molecule has 3 nitrogen and oxygen atoms in total. The lowest BCUT2D eigenvalue weighted by atomic mass is 10.1. The van der Waals surface area contributed by atoms with Gasteiger partial charge in [0, 0.05) is 16.5 Å². The van der Waals surface area contributed by atoms with Gasteiger partial charge < -0.3 is 14.8 Å². The molecule has 2 N–H and O–H groups in total. The predicted molar refractivity (Wildman–Crippen MR) is 103 cm³/mol. The van der Waals surface area contributed by atoms with Crippen LogP contribution in [0.3, 0.4) is 0 Å². The lowest BCUT2D eigenvalue weighted by molar-refractivity contribution is 0.277. The van der Waals surface area contributed by atoms with Gasteiger partial charge in [-0.1, -0.05) is 44.0 Å². The van der Waals surface area contributed by atoms with E-state index in [1.54, 1.807) is 6.08 Å². The molecule has 122 valence electrons. The van der Waals surface area contributed by atoms with Crippen LogP contribution in [0.15, 0.2) is 61.1 Å². The van der Waals surface area contributed by atoms with Crippen molar-refractivity contribution in [1.29, 1.82) is 0 Å². The van der Waals surface area contributed by atoms with E-state index in [2.05, 4.69) is 29.8 Å². The molecule has 1 aromatic rings. The van der Waals surface area contributed by atoms with Crippen LogP contribution in [0.4, 0.5) is 5.69 Å². The molecule has 0 aliphatic carbocycles. The van der Waals surface area contributed by atoms with Gasteiger partial charge in [-0.05, 0) is 49.5 Å². The Morgan fingerprint density at radius 3 is 3.00 bits per heavy atom. The van der Waals surface area contributed by atoms with Crippen LogP contribution in [0.25, 0.3) is 6.08 Å². The molecule has 1 atom stereocenters. The first-order valence-electron chi connectivity index (χ1n) is 7.77. The van der Waals surface area contributed by atoms with E-state index in [1.807, 2.05) is 36.4 Å². The van der Waals surface area contributed by atoms with Crippen LogP contribution >= 0.6 is 11.9 Å². The maximum atomic E-state index is 5.99. The number of rotatable bonds is 9. The second kappa shape index (κ2) is 9.28. The van der Waals surface area contributed by atoms with Gasteiger partial charge in [0.25, 0.3) is 0 Å². The monoisotopic (exact) mass is 328 g/mol. The van der Waals surface area contributed by atoms with Gasteiger partial charge in [-0.2, -0.15) is 0 Å². The van der Waals surface area contributed by atoms with Crippen molar-refractivity contribution in [3.8, 4) is 5.75 Å². The van der Waals surface area contributed by atoms with Crippen LogP contribution in [0.5, 0.6) is 5.75 Å². The number of allylic oxidation sites excluding steroid dienone is 3. The molecule has 1 aromatic carbocycles. The molecule has 4 heteroatoms. The summed E-state index contributed by atoms with van der Waals surface area (Å²) < 4.78 is 9.30. The molecule has 1 aliphatic rings. The Bertz CT molecular complexity index is 589. The Labute approximate surface area is 143 Å². The summed E-state index contributed by atoms with van der Waals surface area (Å²) >= 11 is 1.46. The molecule has 0 saturated carbocycles. The molecular weight excluding hydrogens is 304 g/mol. The Morgan fingerprint density at radius 1 is 1.43 bits per heavy atom. The second-order valence-corrected chi connectivity index (χ2v) is 6.22. The van der Waals surface area contributed by atoms with E-state index < -0.39 is 0 Å². The summed E-state index contributed by atoms with van der Waals surface area (Å²) in [6, 6.07) is 6.42. The van der Waals surface area contributed by atoms with Crippen molar-refractivity contribution in [3.05, 3.63) is 66.6 Å². The molecule has 0 bridgehead atoms. The summed E-state index contributed by atoms with van der Waals surface area (Å²) in [6.07, 6.45) is 9.71. The number of hydrogen-bond acceptors (Lipinski definition) is 4. The maximum Gasteiger partial charge on any atom is 0.128 e. The molecule has 1 heterocycles. The summed E-state index contributed by atoms with van der Waals surface area (Å²) in [5, 5.41) is 3.44. The highest BCUT2D eigenvalue weighted by Gasteiger charge is 2.15. The third-order valence-electron chi connectivity index (χ3n) is 3.58. The van der Waals surface area contributed by atoms with Crippen LogP contribution < -0.4 is 14.8 Å². The second-order valence-electron chi connectivity index (χ2n) is 5.29. The van der Waals surface area contributed by atoms with Gasteiger partial charge in [-0.25, -0.2) is 0 Å². The number of ether oxygens (including phenoxy) is 1. The van der Waals surface area contributed by atoms with Crippen LogP contribution in [0, 0.1) is 0 Å². The van der Waals surface area contributed by atoms with Crippen LogP contribution in [0.2, 0.25) is 0 Å². The minimum absolute atomic E-state index is 0.447. The van der Waals surface area contributed by atoms with Gasteiger partial charge in [-0.3, -0.25) is 0 Å². The molecule has 23 heavy (non-hydrogen) atoms. The molecule has 1 unspecified atom stereocenters. The van der Waals surface area contributed by atoms with Crippen molar-refractivity contribution in [1.82, 2.24) is 5.32 Å². The largest absolute Gasteiger partial charge is 0.491 e. The SMILES string of the molecule is C=C/C=C\C(=C)SNc1cccc(OCC2CCCN2)c1C=C. The lowest BCUT2D eigenvalue weighted by Crippen LogP contribution is -2.28. The van der Waals surface area contributed by atoms with Crippen LogP contribution in [-0.2, 0) is 0 Å². The van der Waals surface area contributed by atoms with Gasteiger partial charge in [0.15, 0.2) is 0 Å². The third-order valence-corrected chi connectivity index (χ3v) is 4.30. The van der Waals surface area contributed by atoms with E-state index in [0.717, 1.165) is 28.5 Å². The van der Waals surface area contributed by atoms with E-state index >= 15 is 0 Å². The molecule has 0 spiro atoms. The van der Waals surface area contributed by atoms with Crippen molar-refractivity contribution < 1.29 is 4.74 Å². The van der Waals surface area contributed by atoms with Gasteiger partial charge in [0.2, 0.25) is 0 Å². The fraction of sp³-hybridized carbons (Fsp3) is 0.263. The van der Waals surface area contributed by atoms with Gasteiger partial charge in [0.05, 0.1) is 5.69 Å². The van der Waals surface area contributed by atoms with Crippen molar-refractivity contribution in [3.63, 3.8) is 0 Å². The van der Waals surface area contributed by atoms with E-state index in [1.165, 1.54) is 24.8 Å². The summed E-state index contributed by atoms with van der Waals surface area (Å²) in [4.78, 5) is 0.904. The molecule has 0 radical (unpaired) electrons. The zero-order valence-corrected chi connectivity index (χ0v) is 14.2. The van der Waals surface area contributed by atoms with E-state index in [-0.39, 0.29) is 0 Å². The first kappa shape index (κ1) is 17.4. The molecule has 1 aliphatic heterocycles. The first-order valence-corrected chi connectivity index (χ1v) is 8.58. The van der Waals surface area contributed by atoms with Crippen LogP contribution in [0.1, 0.15) is 18.4 Å². The zero-order valence-electron chi connectivity index (χ0n) is 13.4. The molecule has 1 saturated heterocycles. The number of anilines is 1. The predicted octanol–water partition coefficient (Wildman–Crippen LogP) is 4.78. The van der Waals surface area contributed by atoms with Gasteiger partial charge >= 0.3 is 0 Å². The van der Waals surface area contributed by atoms with Crippen molar-refractivity contribution in [2.75, 3.05) is 17.9 Å². The molecule has 0 aromatic heterocycles. The minimum atomic E-state index is 0.447. The van der Waals surface area contributed by atoms with Crippen LogP contribution in [-0.4, -0.2) is 19.2 Å². The Balaban J connectivity index is 2.00. The summed E-state index contributed by atoms with van der Waals surface area (Å²) in [6.45, 7) is 13.3. The number of benzene rings is 1. The average molecular weight is 328 g/mol. The number of hydrogen-bond donors (Lipinski definition) is 2.